The molecule has 126 valence electrons. The Balaban J connectivity index is 1.64. The largest absolute Gasteiger partial charge is 0.447 e. The van der Waals surface area contributed by atoms with E-state index in [0.717, 1.165) is 23.4 Å². The zero-order chi connectivity index (χ0) is 16.9. The van der Waals surface area contributed by atoms with Gasteiger partial charge in [0.1, 0.15) is 6.61 Å². The topological polar surface area (TPSA) is 61.8 Å². The lowest BCUT2D eigenvalue weighted by atomic mass is 10.1. The number of cyclic esters (lactones) is 1. The van der Waals surface area contributed by atoms with Gasteiger partial charge < -0.3 is 15.2 Å². The maximum absolute atomic E-state index is 11.7. The first-order valence-corrected chi connectivity index (χ1v) is 8.13. The standard InChI is InChI=1S/C19H22N2O3/c1-14(20-12-15-5-7-16(13-22)8-6-15)17-3-2-4-18(11-17)21-9-10-24-19(21)23/h2-8,11,14,20,22H,9-10,12-13H2,1H3. The highest BCUT2D eigenvalue weighted by Crippen LogP contribution is 2.23. The molecule has 0 aromatic heterocycles. The maximum atomic E-state index is 11.7. The molecule has 1 atom stereocenters. The molecule has 2 aromatic carbocycles. The molecule has 0 radical (unpaired) electrons. The zero-order valence-electron chi connectivity index (χ0n) is 13.7. The number of amides is 1. The van der Waals surface area contributed by atoms with Crippen LogP contribution < -0.4 is 10.2 Å². The minimum atomic E-state index is -0.281. The highest BCUT2D eigenvalue weighted by atomic mass is 16.6. The van der Waals surface area contributed by atoms with Crippen LogP contribution in [0.3, 0.4) is 0 Å². The Morgan fingerprint density at radius 1 is 1.21 bits per heavy atom. The number of nitrogens with zero attached hydrogens (tertiary/aromatic N) is 1. The van der Waals surface area contributed by atoms with Gasteiger partial charge in [-0.15, -0.1) is 0 Å². The van der Waals surface area contributed by atoms with E-state index >= 15 is 0 Å². The fraction of sp³-hybridized carbons (Fsp3) is 0.316. The van der Waals surface area contributed by atoms with Crippen LogP contribution >= 0.6 is 0 Å². The molecule has 1 amide bonds. The SMILES string of the molecule is CC(NCc1ccc(CO)cc1)c1cccc(N2CCOC2=O)c1. The average molecular weight is 326 g/mol. The molecule has 0 saturated carbocycles. The Kier molecular flexibility index (Phi) is 5.13. The van der Waals surface area contributed by atoms with E-state index in [9.17, 15) is 4.79 Å². The van der Waals surface area contributed by atoms with Gasteiger partial charge in [0, 0.05) is 18.3 Å². The number of aliphatic hydroxyl groups is 1. The number of anilines is 1. The first kappa shape index (κ1) is 16.5. The first-order chi connectivity index (χ1) is 11.7. The number of carbonyl (C=O) groups is 1. The van der Waals surface area contributed by atoms with Crippen LogP contribution in [-0.2, 0) is 17.9 Å². The fourth-order valence-electron chi connectivity index (χ4n) is 2.74. The lowest BCUT2D eigenvalue weighted by Gasteiger charge is -2.18. The molecule has 2 N–H and O–H groups in total. The predicted molar refractivity (Wildman–Crippen MR) is 92.8 cm³/mol. The van der Waals surface area contributed by atoms with E-state index in [0.29, 0.717) is 13.2 Å². The van der Waals surface area contributed by atoms with Crippen LogP contribution in [0, 0.1) is 0 Å². The Labute approximate surface area is 141 Å². The Hall–Kier alpha value is -2.37. The summed E-state index contributed by atoms with van der Waals surface area (Å²) >= 11 is 0. The smallest absolute Gasteiger partial charge is 0.414 e. The number of ether oxygens (including phenoxy) is 1. The lowest BCUT2D eigenvalue weighted by molar-refractivity contribution is 0.181. The number of benzene rings is 2. The van der Waals surface area contributed by atoms with E-state index in [1.54, 1.807) is 4.90 Å². The second-order valence-corrected chi connectivity index (χ2v) is 5.94. The first-order valence-electron chi connectivity index (χ1n) is 8.13. The number of hydrogen-bond donors (Lipinski definition) is 2. The molecular formula is C19H22N2O3. The van der Waals surface area contributed by atoms with Gasteiger partial charge in [-0.3, -0.25) is 4.90 Å². The highest BCUT2D eigenvalue weighted by Gasteiger charge is 2.23. The Morgan fingerprint density at radius 3 is 2.62 bits per heavy atom. The second kappa shape index (κ2) is 7.47. The molecule has 1 unspecified atom stereocenters. The second-order valence-electron chi connectivity index (χ2n) is 5.94. The third-order valence-electron chi connectivity index (χ3n) is 4.26. The van der Waals surface area contributed by atoms with Crippen molar-refractivity contribution in [3.63, 3.8) is 0 Å². The normalized spacial score (nSPS) is 15.4. The van der Waals surface area contributed by atoms with Crippen LogP contribution in [0.15, 0.2) is 48.5 Å². The molecule has 1 heterocycles. The van der Waals surface area contributed by atoms with Gasteiger partial charge in [0.15, 0.2) is 0 Å². The molecule has 5 nitrogen and oxygen atoms in total. The average Bonchev–Trinajstić information content (AvgIpc) is 3.06. The monoisotopic (exact) mass is 326 g/mol. The lowest BCUT2D eigenvalue weighted by Crippen LogP contribution is -2.24. The number of nitrogens with one attached hydrogen (secondary N) is 1. The molecule has 3 rings (SSSR count). The number of hydrogen-bond acceptors (Lipinski definition) is 4. The van der Waals surface area contributed by atoms with Crippen molar-refractivity contribution in [3.05, 3.63) is 65.2 Å². The van der Waals surface area contributed by atoms with Crippen LogP contribution in [0.1, 0.15) is 29.7 Å². The molecule has 1 aliphatic rings. The van der Waals surface area contributed by atoms with Crippen molar-refractivity contribution in [1.29, 1.82) is 0 Å². The number of rotatable bonds is 6. The van der Waals surface area contributed by atoms with Crippen molar-refractivity contribution in [2.45, 2.75) is 26.1 Å². The summed E-state index contributed by atoms with van der Waals surface area (Å²) in [6, 6.07) is 16.0. The molecule has 0 aliphatic carbocycles. The molecule has 1 saturated heterocycles. The van der Waals surface area contributed by atoms with Crippen molar-refractivity contribution >= 4 is 11.8 Å². The quantitative estimate of drug-likeness (QED) is 0.857. The minimum absolute atomic E-state index is 0.0653. The summed E-state index contributed by atoms with van der Waals surface area (Å²) in [6.45, 7) is 3.95. The van der Waals surface area contributed by atoms with Crippen molar-refractivity contribution in [3.8, 4) is 0 Å². The zero-order valence-corrected chi connectivity index (χ0v) is 13.7. The molecular weight excluding hydrogens is 304 g/mol. The van der Waals surface area contributed by atoms with E-state index in [1.165, 1.54) is 5.56 Å². The van der Waals surface area contributed by atoms with Crippen LogP contribution in [0.2, 0.25) is 0 Å². The van der Waals surface area contributed by atoms with Gasteiger partial charge in [-0.1, -0.05) is 36.4 Å². The van der Waals surface area contributed by atoms with Gasteiger partial charge >= 0.3 is 6.09 Å². The van der Waals surface area contributed by atoms with Crippen molar-refractivity contribution in [2.24, 2.45) is 0 Å². The van der Waals surface area contributed by atoms with Crippen LogP contribution in [0.5, 0.6) is 0 Å². The molecule has 5 heteroatoms. The van der Waals surface area contributed by atoms with Crippen molar-refractivity contribution in [1.82, 2.24) is 5.32 Å². The third-order valence-corrected chi connectivity index (χ3v) is 4.26. The summed E-state index contributed by atoms with van der Waals surface area (Å²) in [6.07, 6.45) is -0.281. The van der Waals surface area contributed by atoms with Gasteiger partial charge in [-0.25, -0.2) is 4.79 Å². The van der Waals surface area contributed by atoms with E-state index in [1.807, 2.05) is 42.5 Å². The summed E-state index contributed by atoms with van der Waals surface area (Å²) < 4.78 is 5.00. The van der Waals surface area contributed by atoms with Gasteiger partial charge in [-0.2, -0.15) is 0 Å². The van der Waals surface area contributed by atoms with Gasteiger partial charge in [0.05, 0.1) is 13.2 Å². The van der Waals surface area contributed by atoms with Crippen LogP contribution in [-0.4, -0.2) is 24.4 Å². The van der Waals surface area contributed by atoms with Gasteiger partial charge in [0.25, 0.3) is 0 Å². The number of carbonyl (C=O) groups excluding carboxylic acids is 1. The maximum Gasteiger partial charge on any atom is 0.414 e. The van der Waals surface area contributed by atoms with Gasteiger partial charge in [-0.05, 0) is 35.7 Å². The van der Waals surface area contributed by atoms with Gasteiger partial charge in [0.2, 0.25) is 0 Å². The molecule has 1 aliphatic heterocycles. The Bertz CT molecular complexity index is 700. The minimum Gasteiger partial charge on any atom is -0.447 e. The van der Waals surface area contributed by atoms with Crippen LogP contribution in [0.25, 0.3) is 0 Å². The molecule has 24 heavy (non-hydrogen) atoms. The van der Waals surface area contributed by atoms with E-state index in [2.05, 4.69) is 18.3 Å². The predicted octanol–water partition coefficient (Wildman–Crippen LogP) is 2.99. The number of aliphatic hydroxyl groups excluding tert-OH is 1. The molecule has 0 spiro atoms. The summed E-state index contributed by atoms with van der Waals surface area (Å²) in [5.41, 5.74) is 4.07. The third kappa shape index (κ3) is 3.75. The summed E-state index contributed by atoms with van der Waals surface area (Å²) in [5.74, 6) is 0. The summed E-state index contributed by atoms with van der Waals surface area (Å²) in [5, 5.41) is 12.6. The molecule has 1 fully saturated rings. The van der Waals surface area contributed by atoms with E-state index in [4.69, 9.17) is 9.84 Å². The highest BCUT2D eigenvalue weighted by molar-refractivity contribution is 5.89. The van der Waals surface area contributed by atoms with E-state index < -0.39 is 0 Å². The fourth-order valence-corrected chi connectivity index (χ4v) is 2.74. The molecule has 2 aromatic rings. The Morgan fingerprint density at radius 2 is 1.96 bits per heavy atom. The summed E-state index contributed by atoms with van der Waals surface area (Å²) in [7, 11) is 0. The molecule has 0 bridgehead atoms. The van der Waals surface area contributed by atoms with Crippen molar-refractivity contribution < 1.29 is 14.6 Å². The van der Waals surface area contributed by atoms with Crippen LogP contribution in [0.4, 0.5) is 10.5 Å². The van der Waals surface area contributed by atoms with Crippen molar-refractivity contribution in [2.75, 3.05) is 18.1 Å². The van der Waals surface area contributed by atoms with E-state index in [-0.39, 0.29) is 18.7 Å². The summed E-state index contributed by atoms with van der Waals surface area (Å²) in [4.78, 5) is 13.3.